The molecule has 2 heterocycles. The minimum Gasteiger partial charge on any atom is -0.496 e. The van der Waals surface area contributed by atoms with Gasteiger partial charge in [-0.05, 0) is 51.0 Å². The molecular weight excluding hydrogens is 386 g/mol. The largest absolute Gasteiger partial charge is 0.496 e. The molecule has 2 nitrogen and oxygen atoms in total. The van der Waals surface area contributed by atoms with Crippen molar-refractivity contribution in [2.45, 2.75) is 6.04 Å². The van der Waals surface area contributed by atoms with Crippen LogP contribution >= 0.6 is 54.5 Å². The molecule has 0 spiro atoms. The summed E-state index contributed by atoms with van der Waals surface area (Å²) < 4.78 is 7.50. The number of halogens is 2. The molecule has 0 bridgehead atoms. The van der Waals surface area contributed by atoms with E-state index >= 15 is 0 Å². The van der Waals surface area contributed by atoms with E-state index in [1.807, 2.05) is 12.4 Å². The first-order valence-corrected chi connectivity index (χ1v) is 8.18. The Labute approximate surface area is 125 Å². The van der Waals surface area contributed by atoms with Crippen LogP contribution in [0.1, 0.15) is 16.5 Å². The van der Waals surface area contributed by atoms with Crippen molar-refractivity contribution < 1.29 is 4.74 Å². The Bertz CT molecular complexity index is 509. The van der Waals surface area contributed by atoms with Crippen LogP contribution in [0.15, 0.2) is 25.1 Å². The quantitative estimate of drug-likeness (QED) is 0.811. The molecule has 1 unspecified atom stereocenters. The Morgan fingerprint density at radius 2 is 2.12 bits per heavy atom. The fourth-order valence-corrected chi connectivity index (χ4v) is 5.48. The number of rotatable bonds is 4. The summed E-state index contributed by atoms with van der Waals surface area (Å²) in [7, 11) is 3.66. The molecule has 1 atom stereocenters. The molecule has 17 heavy (non-hydrogen) atoms. The molecule has 0 saturated carbocycles. The topological polar surface area (TPSA) is 21.3 Å². The lowest BCUT2D eigenvalue weighted by molar-refractivity contribution is 0.416. The first-order chi connectivity index (χ1) is 8.15. The van der Waals surface area contributed by atoms with Crippen molar-refractivity contribution >= 4 is 54.5 Å². The monoisotopic (exact) mass is 395 g/mol. The zero-order valence-electron chi connectivity index (χ0n) is 9.29. The first kappa shape index (κ1) is 13.5. The molecule has 0 saturated heterocycles. The molecule has 0 fully saturated rings. The van der Waals surface area contributed by atoms with Gasteiger partial charge in [0.15, 0.2) is 0 Å². The van der Waals surface area contributed by atoms with Gasteiger partial charge in [0, 0.05) is 15.8 Å². The lowest BCUT2D eigenvalue weighted by Gasteiger charge is -2.13. The van der Waals surface area contributed by atoms with Crippen LogP contribution in [-0.4, -0.2) is 14.2 Å². The summed E-state index contributed by atoms with van der Waals surface area (Å²) in [4.78, 5) is 1.25. The highest BCUT2D eigenvalue weighted by molar-refractivity contribution is 9.12. The molecule has 0 aliphatic carbocycles. The molecule has 0 aromatic carbocycles. The van der Waals surface area contributed by atoms with Crippen LogP contribution in [0.5, 0.6) is 5.75 Å². The van der Waals surface area contributed by atoms with Crippen molar-refractivity contribution in [2.75, 3.05) is 14.2 Å². The summed E-state index contributed by atoms with van der Waals surface area (Å²) in [6, 6.07) is 4.41. The Kier molecular flexibility index (Phi) is 4.65. The first-order valence-electron chi connectivity index (χ1n) is 4.90. The predicted molar refractivity (Wildman–Crippen MR) is 81.5 cm³/mol. The van der Waals surface area contributed by atoms with Crippen LogP contribution in [0.4, 0.5) is 0 Å². The molecule has 0 radical (unpaired) electrons. The molecule has 0 aliphatic rings. The van der Waals surface area contributed by atoms with E-state index in [9.17, 15) is 0 Å². The van der Waals surface area contributed by atoms with Gasteiger partial charge in [-0.25, -0.2) is 0 Å². The van der Waals surface area contributed by atoms with E-state index in [1.165, 1.54) is 10.4 Å². The zero-order valence-corrected chi connectivity index (χ0v) is 14.1. The molecule has 6 heteroatoms. The molecular formula is C11H11Br2NOS2. The van der Waals surface area contributed by atoms with E-state index in [4.69, 9.17) is 4.74 Å². The molecule has 2 rings (SSSR count). The second kappa shape index (κ2) is 5.84. The van der Waals surface area contributed by atoms with Gasteiger partial charge in [-0.2, -0.15) is 0 Å². The fraction of sp³-hybridized carbons (Fsp3) is 0.273. The summed E-state index contributed by atoms with van der Waals surface area (Å²) in [5.41, 5.74) is 1.24. The van der Waals surface area contributed by atoms with Crippen LogP contribution in [0, 0.1) is 0 Å². The van der Waals surface area contributed by atoms with Gasteiger partial charge in [-0.1, -0.05) is 0 Å². The summed E-state index contributed by atoms with van der Waals surface area (Å²) >= 11 is 10.5. The van der Waals surface area contributed by atoms with E-state index in [1.54, 1.807) is 29.8 Å². The van der Waals surface area contributed by atoms with E-state index in [-0.39, 0.29) is 6.04 Å². The van der Waals surface area contributed by atoms with E-state index in [2.05, 4.69) is 49.3 Å². The highest BCUT2D eigenvalue weighted by Crippen LogP contribution is 2.39. The van der Waals surface area contributed by atoms with E-state index < -0.39 is 0 Å². The van der Waals surface area contributed by atoms with Gasteiger partial charge in [-0.15, -0.1) is 22.7 Å². The molecule has 0 amide bonds. The van der Waals surface area contributed by atoms with Crippen LogP contribution < -0.4 is 10.1 Å². The van der Waals surface area contributed by atoms with E-state index in [0.29, 0.717) is 0 Å². The summed E-state index contributed by atoms with van der Waals surface area (Å²) in [5, 5.41) is 5.36. The Morgan fingerprint density at radius 3 is 2.59 bits per heavy atom. The van der Waals surface area contributed by atoms with Gasteiger partial charge >= 0.3 is 0 Å². The number of hydrogen-bond donors (Lipinski definition) is 1. The standard InChI is InChI=1S/C11H11Br2NOS2/c1-14-10(7-4-9(12)17-11(7)13)8-3-6(15-2)5-16-8/h3-5,10,14H,1-2H3. The minimum absolute atomic E-state index is 0.195. The van der Waals surface area contributed by atoms with Gasteiger partial charge in [0.2, 0.25) is 0 Å². The van der Waals surface area contributed by atoms with Crippen molar-refractivity contribution in [2.24, 2.45) is 0 Å². The molecule has 1 N–H and O–H groups in total. The van der Waals surface area contributed by atoms with Crippen molar-refractivity contribution in [3.8, 4) is 5.75 Å². The third-order valence-electron chi connectivity index (χ3n) is 2.40. The average Bonchev–Trinajstić information content (AvgIpc) is 2.88. The zero-order chi connectivity index (χ0) is 12.4. The Morgan fingerprint density at radius 1 is 1.35 bits per heavy atom. The molecule has 2 aromatic rings. The second-order valence-electron chi connectivity index (χ2n) is 3.39. The van der Waals surface area contributed by atoms with E-state index in [0.717, 1.165) is 13.3 Å². The smallest absolute Gasteiger partial charge is 0.129 e. The van der Waals surface area contributed by atoms with Crippen molar-refractivity contribution in [1.29, 1.82) is 0 Å². The number of thiophene rings is 2. The second-order valence-corrected chi connectivity index (χ2v) is 8.08. The molecule has 92 valence electrons. The third-order valence-corrected chi connectivity index (χ3v) is 5.76. The van der Waals surface area contributed by atoms with Crippen molar-refractivity contribution in [3.05, 3.63) is 35.5 Å². The van der Waals surface area contributed by atoms with Crippen LogP contribution in [0.3, 0.4) is 0 Å². The number of nitrogens with one attached hydrogen (secondary N) is 1. The van der Waals surface area contributed by atoms with Crippen molar-refractivity contribution in [1.82, 2.24) is 5.32 Å². The van der Waals surface area contributed by atoms with Crippen LogP contribution in [0.25, 0.3) is 0 Å². The number of ether oxygens (including phenoxy) is 1. The SMILES string of the molecule is CNC(c1cc(OC)cs1)c1cc(Br)sc1Br. The normalized spacial score (nSPS) is 12.7. The average molecular weight is 397 g/mol. The third kappa shape index (κ3) is 2.93. The van der Waals surface area contributed by atoms with Crippen LogP contribution in [-0.2, 0) is 0 Å². The fourth-order valence-electron chi connectivity index (χ4n) is 1.59. The summed E-state index contributed by atoms with van der Waals surface area (Å²) in [6.45, 7) is 0. The predicted octanol–water partition coefficient (Wildman–Crippen LogP) is 4.65. The van der Waals surface area contributed by atoms with Gasteiger partial charge in [-0.3, -0.25) is 0 Å². The van der Waals surface area contributed by atoms with Gasteiger partial charge in [0.1, 0.15) is 5.75 Å². The van der Waals surface area contributed by atoms with Gasteiger partial charge in [0.05, 0.1) is 20.7 Å². The van der Waals surface area contributed by atoms with Gasteiger partial charge in [0.25, 0.3) is 0 Å². The Balaban J connectivity index is 2.36. The highest BCUT2D eigenvalue weighted by Gasteiger charge is 2.19. The lowest BCUT2D eigenvalue weighted by Crippen LogP contribution is -2.16. The number of methoxy groups -OCH3 is 1. The van der Waals surface area contributed by atoms with Gasteiger partial charge < -0.3 is 10.1 Å². The lowest BCUT2D eigenvalue weighted by atomic mass is 10.1. The summed E-state index contributed by atoms with van der Waals surface area (Å²) in [5.74, 6) is 0.913. The minimum atomic E-state index is 0.195. The highest BCUT2D eigenvalue weighted by atomic mass is 79.9. The Hall–Kier alpha value is 0.120. The maximum absolute atomic E-state index is 5.23. The maximum Gasteiger partial charge on any atom is 0.129 e. The summed E-state index contributed by atoms with van der Waals surface area (Å²) in [6.07, 6.45) is 0. The molecule has 2 aromatic heterocycles. The maximum atomic E-state index is 5.23. The molecule has 0 aliphatic heterocycles. The number of hydrogen-bond acceptors (Lipinski definition) is 4. The van der Waals surface area contributed by atoms with Crippen molar-refractivity contribution in [3.63, 3.8) is 0 Å². The van der Waals surface area contributed by atoms with Crippen LogP contribution in [0.2, 0.25) is 0 Å².